The second-order valence-corrected chi connectivity index (χ2v) is 5.75. The third-order valence-corrected chi connectivity index (χ3v) is 3.91. The average molecular weight is 272 g/mol. The third kappa shape index (κ3) is 8.65. The molecule has 0 amide bonds. The van der Waals surface area contributed by atoms with Gasteiger partial charge in [0, 0.05) is 19.1 Å². The molecule has 0 aliphatic rings. The summed E-state index contributed by atoms with van der Waals surface area (Å²) in [4.78, 5) is 0. The van der Waals surface area contributed by atoms with Gasteiger partial charge < -0.3 is 9.47 Å². The van der Waals surface area contributed by atoms with Crippen molar-refractivity contribution < 1.29 is 9.47 Å². The highest BCUT2D eigenvalue weighted by atomic mass is 16.7. The second kappa shape index (κ2) is 11.7. The molecule has 0 aliphatic heterocycles. The normalized spacial score (nSPS) is 16.3. The zero-order chi connectivity index (χ0) is 14.6. The molecule has 0 radical (unpaired) electrons. The van der Waals surface area contributed by atoms with Crippen LogP contribution in [0.2, 0.25) is 0 Å². The number of hydrogen-bond acceptors (Lipinski definition) is 2. The summed E-state index contributed by atoms with van der Waals surface area (Å²) in [5.74, 6) is 0.0685. The summed E-state index contributed by atoms with van der Waals surface area (Å²) in [7, 11) is 0. The summed E-state index contributed by atoms with van der Waals surface area (Å²) >= 11 is 0. The Morgan fingerprint density at radius 1 is 0.842 bits per heavy atom. The summed E-state index contributed by atoms with van der Waals surface area (Å²) < 4.78 is 11.8. The van der Waals surface area contributed by atoms with Crippen molar-refractivity contribution in [3.05, 3.63) is 0 Å². The van der Waals surface area contributed by atoms with Crippen LogP contribution in [0.4, 0.5) is 0 Å². The van der Waals surface area contributed by atoms with E-state index in [0.717, 1.165) is 19.6 Å². The van der Waals surface area contributed by atoms with Crippen LogP contribution in [0.3, 0.4) is 0 Å². The van der Waals surface area contributed by atoms with Crippen LogP contribution in [-0.4, -0.2) is 19.0 Å². The Kier molecular flexibility index (Phi) is 11.7. The van der Waals surface area contributed by atoms with E-state index < -0.39 is 5.79 Å². The molecule has 0 fully saturated rings. The van der Waals surface area contributed by atoms with E-state index in [2.05, 4.69) is 27.7 Å². The molecule has 0 bridgehead atoms. The van der Waals surface area contributed by atoms with Crippen molar-refractivity contribution in [1.82, 2.24) is 0 Å². The largest absolute Gasteiger partial charge is 0.350 e. The van der Waals surface area contributed by atoms with Gasteiger partial charge in [0.05, 0.1) is 0 Å². The van der Waals surface area contributed by atoms with E-state index in [1.54, 1.807) is 0 Å². The van der Waals surface area contributed by atoms with Gasteiger partial charge in [-0.1, -0.05) is 59.3 Å². The van der Waals surface area contributed by atoms with Crippen LogP contribution in [0, 0.1) is 5.92 Å². The van der Waals surface area contributed by atoms with Gasteiger partial charge in [-0.25, -0.2) is 0 Å². The molecule has 0 heterocycles. The highest BCUT2D eigenvalue weighted by molar-refractivity contribution is 4.72. The fourth-order valence-corrected chi connectivity index (χ4v) is 2.41. The first-order valence-electron chi connectivity index (χ1n) is 8.38. The molecule has 0 saturated heterocycles. The fraction of sp³-hybridized carbons (Fsp3) is 1.00. The molecule has 116 valence electrons. The lowest BCUT2D eigenvalue weighted by molar-refractivity contribution is -0.252. The van der Waals surface area contributed by atoms with Crippen molar-refractivity contribution in [1.29, 1.82) is 0 Å². The molecular weight excluding hydrogens is 236 g/mol. The molecule has 2 nitrogen and oxygen atoms in total. The molecule has 0 saturated carbocycles. The fourth-order valence-electron chi connectivity index (χ4n) is 2.41. The maximum Gasteiger partial charge on any atom is 0.167 e. The van der Waals surface area contributed by atoms with Gasteiger partial charge in [-0.2, -0.15) is 0 Å². The Labute approximate surface area is 121 Å². The zero-order valence-corrected chi connectivity index (χ0v) is 14.0. The van der Waals surface area contributed by atoms with Crippen LogP contribution in [0.5, 0.6) is 0 Å². The van der Waals surface area contributed by atoms with E-state index in [1.807, 2.05) is 6.92 Å². The van der Waals surface area contributed by atoms with E-state index in [-0.39, 0.29) is 0 Å². The second-order valence-electron chi connectivity index (χ2n) is 5.75. The molecule has 0 aromatic rings. The Morgan fingerprint density at radius 3 is 2.05 bits per heavy atom. The van der Waals surface area contributed by atoms with Crippen LogP contribution >= 0.6 is 0 Å². The van der Waals surface area contributed by atoms with Crippen LogP contribution < -0.4 is 0 Å². The summed E-state index contributed by atoms with van der Waals surface area (Å²) in [6.45, 7) is 12.3. The third-order valence-electron chi connectivity index (χ3n) is 3.91. The molecule has 0 rings (SSSR count). The standard InChI is InChI=1S/C17H36O2/c1-6-9-10-11-12-13-14-16(4)17(5,18-8-3)19-15-7-2/h16H,6-15H2,1-5H3. The SMILES string of the molecule is CCCCCCCCC(C)C(C)(OCC)OCCC. The quantitative estimate of drug-likeness (QED) is 0.323. The summed E-state index contributed by atoms with van der Waals surface area (Å²) in [5, 5.41) is 0. The van der Waals surface area contributed by atoms with Crippen molar-refractivity contribution in [2.75, 3.05) is 13.2 Å². The predicted molar refractivity (Wildman–Crippen MR) is 83.4 cm³/mol. The van der Waals surface area contributed by atoms with Gasteiger partial charge in [0.2, 0.25) is 0 Å². The van der Waals surface area contributed by atoms with Gasteiger partial charge in [0.25, 0.3) is 0 Å². The lowest BCUT2D eigenvalue weighted by Crippen LogP contribution is -2.39. The van der Waals surface area contributed by atoms with Crippen LogP contribution in [-0.2, 0) is 9.47 Å². The first-order valence-corrected chi connectivity index (χ1v) is 8.38. The topological polar surface area (TPSA) is 18.5 Å². The van der Waals surface area contributed by atoms with E-state index in [0.29, 0.717) is 5.92 Å². The molecular formula is C17H36O2. The number of hydrogen-bond donors (Lipinski definition) is 0. The maximum atomic E-state index is 5.95. The van der Waals surface area contributed by atoms with Crippen molar-refractivity contribution >= 4 is 0 Å². The molecule has 0 N–H and O–H groups in total. The van der Waals surface area contributed by atoms with Crippen LogP contribution in [0.1, 0.15) is 86.0 Å². The minimum Gasteiger partial charge on any atom is -0.350 e. The molecule has 0 aromatic heterocycles. The lowest BCUT2D eigenvalue weighted by atomic mass is 9.94. The molecule has 2 atom stereocenters. The Morgan fingerprint density at radius 2 is 1.47 bits per heavy atom. The highest BCUT2D eigenvalue weighted by Gasteiger charge is 2.32. The number of ether oxygens (including phenoxy) is 2. The minimum absolute atomic E-state index is 0.395. The zero-order valence-electron chi connectivity index (χ0n) is 14.0. The number of rotatable bonds is 13. The molecule has 0 spiro atoms. The van der Waals surface area contributed by atoms with E-state index >= 15 is 0 Å². The summed E-state index contributed by atoms with van der Waals surface area (Å²) in [6, 6.07) is 0. The van der Waals surface area contributed by atoms with Gasteiger partial charge in [-0.05, 0) is 26.7 Å². The number of unbranched alkanes of at least 4 members (excludes halogenated alkanes) is 5. The summed E-state index contributed by atoms with van der Waals surface area (Å²) in [5.41, 5.74) is 0. The van der Waals surface area contributed by atoms with Gasteiger partial charge in [0.1, 0.15) is 0 Å². The monoisotopic (exact) mass is 272 g/mol. The van der Waals surface area contributed by atoms with E-state index in [1.165, 1.54) is 44.9 Å². The molecule has 2 unspecified atom stereocenters. The molecule has 19 heavy (non-hydrogen) atoms. The van der Waals surface area contributed by atoms with Crippen molar-refractivity contribution in [2.45, 2.75) is 91.8 Å². The predicted octanol–water partition coefficient (Wildman–Crippen LogP) is 5.55. The smallest absolute Gasteiger partial charge is 0.167 e. The highest BCUT2D eigenvalue weighted by Crippen LogP contribution is 2.28. The van der Waals surface area contributed by atoms with Crippen molar-refractivity contribution in [3.63, 3.8) is 0 Å². The summed E-state index contributed by atoms with van der Waals surface area (Å²) in [6.07, 6.45) is 10.4. The molecule has 2 heteroatoms. The van der Waals surface area contributed by atoms with E-state index in [9.17, 15) is 0 Å². The maximum absolute atomic E-state index is 5.95. The Bertz CT molecular complexity index is 194. The van der Waals surface area contributed by atoms with Gasteiger partial charge >= 0.3 is 0 Å². The van der Waals surface area contributed by atoms with Gasteiger partial charge in [-0.15, -0.1) is 0 Å². The van der Waals surface area contributed by atoms with Crippen molar-refractivity contribution in [3.8, 4) is 0 Å². The van der Waals surface area contributed by atoms with Crippen LogP contribution in [0.25, 0.3) is 0 Å². The van der Waals surface area contributed by atoms with Gasteiger partial charge in [0.15, 0.2) is 5.79 Å². The Balaban J connectivity index is 3.93. The first kappa shape index (κ1) is 18.9. The molecule has 0 aromatic carbocycles. The van der Waals surface area contributed by atoms with Crippen molar-refractivity contribution in [2.24, 2.45) is 5.92 Å². The first-order chi connectivity index (χ1) is 9.10. The molecule has 0 aliphatic carbocycles. The van der Waals surface area contributed by atoms with E-state index in [4.69, 9.17) is 9.47 Å². The minimum atomic E-state index is -0.395. The lowest BCUT2D eigenvalue weighted by Gasteiger charge is -2.35. The Hall–Kier alpha value is -0.0800. The average Bonchev–Trinajstić information content (AvgIpc) is 2.40. The van der Waals surface area contributed by atoms with Gasteiger partial charge in [-0.3, -0.25) is 0 Å². The van der Waals surface area contributed by atoms with Crippen LogP contribution in [0.15, 0.2) is 0 Å².